The highest BCUT2D eigenvalue weighted by molar-refractivity contribution is 6.04. The molecule has 0 saturated carbocycles. The topological polar surface area (TPSA) is 408 Å². The van der Waals surface area contributed by atoms with E-state index in [2.05, 4.69) is 0 Å². The van der Waals surface area contributed by atoms with Gasteiger partial charge in [0.25, 0.3) is 0 Å². The van der Waals surface area contributed by atoms with Crippen molar-refractivity contribution in [1.29, 1.82) is 0 Å². The van der Waals surface area contributed by atoms with Crippen molar-refractivity contribution in [1.82, 2.24) is 0 Å². The van der Waals surface area contributed by atoms with E-state index in [0.29, 0.717) is 156 Å². The lowest BCUT2D eigenvalue weighted by Crippen LogP contribution is -2.36. The second kappa shape index (κ2) is 83.0. The summed E-state index contributed by atoms with van der Waals surface area (Å²) in [5, 5.41) is 88.3. The second-order valence-corrected chi connectivity index (χ2v) is 24.6. The Hall–Kier alpha value is -7.27. The molecule has 0 saturated heterocycles. The molecule has 0 fully saturated rings. The molecule has 0 aromatic heterocycles. The summed E-state index contributed by atoms with van der Waals surface area (Å²) in [6.45, 7) is 21.1. The molecule has 0 atom stereocenters. The van der Waals surface area contributed by atoms with Crippen LogP contribution in [0.4, 0.5) is 0 Å². The van der Waals surface area contributed by atoms with Crippen molar-refractivity contribution in [3.05, 3.63) is 149 Å². The normalized spacial score (nSPS) is 9.98. The Morgan fingerprint density at radius 2 is 0.345 bits per heavy atom. The first-order valence-electron chi connectivity index (χ1n) is 33.9. The quantitative estimate of drug-likeness (QED) is 0.0128. The Morgan fingerprint density at radius 1 is 0.210 bits per heavy atom. The van der Waals surface area contributed by atoms with Gasteiger partial charge >= 0.3 is 0 Å². The maximum Gasteiger partial charge on any atom is 0.194 e. The zero-order valence-electron chi connectivity index (χ0n) is 61.8. The van der Waals surface area contributed by atoms with E-state index in [4.69, 9.17) is 102 Å². The van der Waals surface area contributed by atoms with Crippen LogP contribution in [0.25, 0.3) is 0 Å². The molecule has 10 N–H and O–H groups in total. The number of aliphatic hydroxyl groups excluding tert-OH is 8. The van der Waals surface area contributed by atoms with Gasteiger partial charge in [0.1, 0.15) is 89.8 Å². The number of carbonyl (C=O) groups is 5. The molecule has 0 heterocycles. The molecule has 704 valence electrons. The van der Waals surface area contributed by atoms with Crippen LogP contribution in [0.2, 0.25) is 0 Å². The Labute approximate surface area is 720 Å². The average Bonchev–Trinajstić information content (AvgIpc) is 0.862. The summed E-state index contributed by atoms with van der Waals surface area (Å²) in [7, 11) is 0. The molecule has 0 unspecified atom stereocenters. The molecule has 5 aromatic carbocycles. The molecule has 0 aliphatic carbocycles. The molecule has 119 heavy (non-hydrogen) atoms. The van der Waals surface area contributed by atoms with Crippen LogP contribution in [-0.2, 0) is 37.9 Å². The zero-order chi connectivity index (χ0) is 77.9. The van der Waals surface area contributed by atoms with Crippen LogP contribution in [-0.4, -0.2) is 280 Å². The van der Waals surface area contributed by atoms with E-state index in [9.17, 15) is 34.2 Å². The SMILES string of the molecule is C.C.C.C.C.C.C.C.C.C.C.C.C.C.C.CC(C)(O)C(=O)c1ccc(OCCOCCO)cc1.CC(C)(O)C(=O)c1ccc(OCCOCCO)cc1.CC(C)(OCCO)C(=O)c1ccc(OCCOCCO)cc1.CC(C)(OCCO)C(=O)c1ccc(OCCOCCO)cc1.CC(C)(OCCO)C(=O)c1ccc(OCCOCCO)cc1. The summed E-state index contributed by atoms with van der Waals surface area (Å²) < 4.78 is 68.6. The van der Waals surface area contributed by atoms with E-state index >= 15 is 0 Å². The van der Waals surface area contributed by atoms with Gasteiger partial charge in [-0.1, -0.05) is 111 Å². The highest BCUT2D eigenvalue weighted by Crippen LogP contribution is 2.24. The molecule has 0 aliphatic heterocycles. The molecule has 0 aliphatic rings. The average molecular weight is 1710 g/mol. The van der Waals surface area contributed by atoms with Gasteiger partial charge < -0.3 is 113 Å². The van der Waals surface area contributed by atoms with Crippen molar-refractivity contribution < 1.29 is 137 Å². The first kappa shape index (κ1) is 146. The number of ether oxygens (including phenoxy) is 13. The lowest BCUT2D eigenvalue weighted by atomic mass is 9.96. The molecular weight excluding hydrogens is 1540 g/mol. The van der Waals surface area contributed by atoms with Gasteiger partial charge in [-0.05, 0) is 191 Å². The number of aliphatic hydroxyl groups is 10. The maximum atomic E-state index is 12.3. The first-order chi connectivity index (χ1) is 49.4. The van der Waals surface area contributed by atoms with Crippen LogP contribution in [0.15, 0.2) is 121 Å². The van der Waals surface area contributed by atoms with Gasteiger partial charge in [-0.3, -0.25) is 24.0 Å². The standard InChI is InChI=1S/3C16H24O6.2C14H20O5.15CH4/c3*1-16(2,22-10-8-18)15(19)13-3-5-14(6-4-13)21-12-11-20-9-7-17;2*1-14(2,17)13(16)11-3-5-12(6-4-11)19-10-9-18-8-7-15;;;;;;;;;;;;;;;/h3*3-6,17-18H,7-12H2,1-2H3;2*3-6,15,17H,7-10H2,1-2H3;15*1H4. The molecule has 5 aromatic rings. The number of ketones is 5. The summed E-state index contributed by atoms with van der Waals surface area (Å²) in [4.78, 5) is 60.5. The smallest absolute Gasteiger partial charge is 0.194 e. The predicted molar refractivity (Wildman–Crippen MR) is 486 cm³/mol. The fourth-order valence-electron chi connectivity index (χ4n) is 8.29. The van der Waals surface area contributed by atoms with E-state index in [1.165, 1.54) is 27.7 Å². The molecular formula is C91H172O28. The fourth-order valence-corrected chi connectivity index (χ4v) is 8.29. The van der Waals surface area contributed by atoms with Gasteiger partial charge in [-0.25, -0.2) is 0 Å². The largest absolute Gasteiger partial charge is 0.491 e. The molecule has 0 spiro atoms. The van der Waals surface area contributed by atoms with Crippen LogP contribution >= 0.6 is 0 Å². The van der Waals surface area contributed by atoms with Crippen molar-refractivity contribution >= 4 is 28.9 Å². The lowest BCUT2D eigenvalue weighted by molar-refractivity contribution is -0.0174. The van der Waals surface area contributed by atoms with Gasteiger partial charge in [0, 0.05) is 27.8 Å². The summed E-state index contributed by atoms with van der Waals surface area (Å²) in [6, 6.07) is 33.5. The fraction of sp³-hybridized carbons (Fsp3) is 0.615. The third-order valence-electron chi connectivity index (χ3n) is 13.7. The van der Waals surface area contributed by atoms with Crippen molar-refractivity contribution in [2.45, 2.75) is 209 Å². The van der Waals surface area contributed by atoms with Crippen LogP contribution in [0.1, 0.15) is 232 Å². The van der Waals surface area contributed by atoms with Crippen molar-refractivity contribution in [2.24, 2.45) is 0 Å². The highest BCUT2D eigenvalue weighted by Gasteiger charge is 2.32. The van der Waals surface area contributed by atoms with Crippen molar-refractivity contribution in [3.8, 4) is 28.7 Å². The van der Waals surface area contributed by atoms with Crippen LogP contribution in [0.5, 0.6) is 28.7 Å². The van der Waals surface area contributed by atoms with Crippen LogP contribution in [0.3, 0.4) is 0 Å². The van der Waals surface area contributed by atoms with Crippen LogP contribution < -0.4 is 23.7 Å². The third kappa shape index (κ3) is 64.3. The van der Waals surface area contributed by atoms with Gasteiger partial charge in [0.2, 0.25) is 0 Å². The Morgan fingerprint density at radius 3 is 0.471 bits per heavy atom. The minimum Gasteiger partial charge on any atom is -0.491 e. The van der Waals surface area contributed by atoms with E-state index in [-0.39, 0.29) is 213 Å². The molecule has 5 rings (SSSR count). The van der Waals surface area contributed by atoms with Gasteiger partial charge in [-0.15, -0.1) is 0 Å². The lowest BCUT2D eigenvalue weighted by Gasteiger charge is -2.23. The van der Waals surface area contributed by atoms with Crippen molar-refractivity contribution in [3.63, 3.8) is 0 Å². The summed E-state index contributed by atoms with van der Waals surface area (Å²) >= 11 is 0. The third-order valence-corrected chi connectivity index (χ3v) is 13.7. The zero-order valence-corrected chi connectivity index (χ0v) is 61.8. The summed E-state index contributed by atoms with van der Waals surface area (Å²) in [5.41, 5.74) is -3.25. The number of hydrogen-bond donors (Lipinski definition) is 10. The Bertz CT molecular complexity index is 2790. The van der Waals surface area contributed by atoms with E-state index < -0.39 is 28.0 Å². The molecule has 0 radical (unpaired) electrons. The molecule has 0 amide bonds. The molecule has 28 heteroatoms. The summed E-state index contributed by atoms with van der Waals surface area (Å²) in [6.07, 6.45) is 0. The number of carbonyl (C=O) groups excluding carboxylic acids is 5. The maximum absolute atomic E-state index is 12.3. The number of hydrogen-bond acceptors (Lipinski definition) is 28. The minimum atomic E-state index is -1.37. The Balaban J connectivity index is -0.0000000848. The summed E-state index contributed by atoms with van der Waals surface area (Å²) in [5.74, 6) is 2.04. The minimum absolute atomic E-state index is 0. The number of benzene rings is 5. The van der Waals surface area contributed by atoms with E-state index in [1.807, 2.05) is 0 Å². The van der Waals surface area contributed by atoms with Crippen LogP contribution in [0, 0.1) is 0 Å². The molecule has 28 nitrogen and oxygen atoms in total. The number of Topliss-reactive ketones (excluding diaryl/α,β-unsaturated/α-hetero) is 5. The first-order valence-corrected chi connectivity index (χ1v) is 33.9. The molecule has 0 bridgehead atoms. The predicted octanol–water partition coefficient (Wildman–Crippen LogP) is 14.7. The Kier molecular flexibility index (Phi) is 102. The van der Waals surface area contributed by atoms with Gasteiger partial charge in [0.15, 0.2) is 28.9 Å². The van der Waals surface area contributed by atoms with Crippen molar-refractivity contribution in [2.75, 3.05) is 172 Å². The van der Waals surface area contributed by atoms with E-state index in [1.54, 1.807) is 163 Å². The monoisotopic (exact) mass is 1710 g/mol. The van der Waals surface area contributed by atoms with Gasteiger partial charge in [-0.2, -0.15) is 0 Å². The number of rotatable bonds is 49. The van der Waals surface area contributed by atoms with Gasteiger partial charge in [0.05, 0.1) is 139 Å². The van der Waals surface area contributed by atoms with E-state index in [0.717, 1.165) is 0 Å². The highest BCUT2D eigenvalue weighted by atomic mass is 16.6. The second-order valence-electron chi connectivity index (χ2n) is 24.6.